The number of pyridine rings is 1. The topological polar surface area (TPSA) is 97.4 Å². The Kier molecular flexibility index (Phi) is 9.12. The zero-order chi connectivity index (χ0) is 27.1. The summed E-state index contributed by atoms with van der Waals surface area (Å²) < 4.78 is 34.3. The normalized spacial score (nSPS) is 11.1. The number of halogens is 3. The Labute approximate surface area is 235 Å². The second-order valence-electron chi connectivity index (χ2n) is 8.13. The Morgan fingerprint density at radius 3 is 2.39 bits per heavy atom. The molecule has 0 aliphatic heterocycles. The van der Waals surface area contributed by atoms with Crippen LogP contribution in [0, 0.1) is 0 Å². The van der Waals surface area contributed by atoms with E-state index in [1.165, 1.54) is 36.0 Å². The van der Waals surface area contributed by atoms with E-state index in [-0.39, 0.29) is 48.8 Å². The van der Waals surface area contributed by atoms with Crippen LogP contribution in [0.2, 0.25) is 15.1 Å². The highest BCUT2D eigenvalue weighted by Crippen LogP contribution is 2.33. The van der Waals surface area contributed by atoms with Gasteiger partial charge in [0, 0.05) is 12.7 Å². The molecule has 38 heavy (non-hydrogen) atoms. The molecule has 2 N–H and O–H groups in total. The first-order valence-corrected chi connectivity index (χ1v) is 14.1. The molecule has 0 saturated heterocycles. The van der Waals surface area contributed by atoms with Crippen LogP contribution < -0.4 is 14.8 Å². The monoisotopic (exact) mass is 589 g/mol. The number of sulfonamides is 1. The number of ether oxygens (including phenoxy) is 1. The minimum Gasteiger partial charge on any atom is -0.436 e. The number of rotatable bonds is 10. The third kappa shape index (κ3) is 7.17. The van der Waals surface area contributed by atoms with Crippen LogP contribution in [0.25, 0.3) is 0 Å². The second-order valence-corrected chi connectivity index (χ2v) is 11.1. The van der Waals surface area contributed by atoms with Crippen LogP contribution >= 0.6 is 34.8 Å². The van der Waals surface area contributed by atoms with Crippen molar-refractivity contribution in [2.24, 2.45) is 0 Å². The maximum atomic E-state index is 13.0. The standard InChI is InChI=1S/C27H22Cl3N3O4S/c28-19-15-24(33-38(35,36)20-12-13-22(29)23(30)16-20)27(32-17-19)37-25-11-5-4-10-21(25)26(34)31-14-6-9-18-7-2-1-3-8-18/h1-5,7-8,10-13,15-17,33H,6,9,14H2,(H,31,34). The molecule has 11 heteroatoms. The van der Waals surface area contributed by atoms with Gasteiger partial charge in [0.25, 0.3) is 15.9 Å². The molecule has 0 aliphatic carbocycles. The molecule has 1 heterocycles. The predicted molar refractivity (Wildman–Crippen MR) is 150 cm³/mol. The highest BCUT2D eigenvalue weighted by Gasteiger charge is 2.21. The van der Waals surface area contributed by atoms with Crippen molar-refractivity contribution in [3.05, 3.63) is 111 Å². The van der Waals surface area contributed by atoms with Crippen LogP contribution in [0.5, 0.6) is 11.6 Å². The van der Waals surface area contributed by atoms with E-state index in [1.54, 1.807) is 24.3 Å². The minimum absolute atomic E-state index is 0.0263. The van der Waals surface area contributed by atoms with Gasteiger partial charge in [-0.25, -0.2) is 13.4 Å². The van der Waals surface area contributed by atoms with Gasteiger partial charge in [-0.15, -0.1) is 0 Å². The lowest BCUT2D eigenvalue weighted by atomic mass is 10.1. The van der Waals surface area contributed by atoms with E-state index in [0.29, 0.717) is 6.54 Å². The van der Waals surface area contributed by atoms with Gasteiger partial charge in [0.05, 0.1) is 25.5 Å². The van der Waals surface area contributed by atoms with Crippen molar-refractivity contribution in [3.63, 3.8) is 0 Å². The maximum absolute atomic E-state index is 13.0. The Morgan fingerprint density at radius 2 is 1.63 bits per heavy atom. The summed E-state index contributed by atoms with van der Waals surface area (Å²) in [5, 5.41) is 3.37. The van der Waals surface area contributed by atoms with E-state index in [9.17, 15) is 13.2 Å². The van der Waals surface area contributed by atoms with E-state index < -0.39 is 10.0 Å². The summed E-state index contributed by atoms with van der Waals surface area (Å²) in [5.74, 6) is -0.235. The fraction of sp³-hybridized carbons (Fsp3) is 0.111. The SMILES string of the molecule is O=C(NCCCc1ccccc1)c1ccccc1Oc1ncc(Cl)cc1NS(=O)(=O)c1ccc(Cl)c(Cl)c1. The molecule has 0 saturated carbocycles. The first-order valence-electron chi connectivity index (χ1n) is 11.5. The van der Waals surface area contributed by atoms with E-state index >= 15 is 0 Å². The van der Waals surface area contributed by atoms with Crippen molar-refractivity contribution in [2.45, 2.75) is 17.7 Å². The quantitative estimate of drug-likeness (QED) is 0.194. The van der Waals surface area contributed by atoms with Crippen LogP contribution in [0.1, 0.15) is 22.3 Å². The highest BCUT2D eigenvalue weighted by molar-refractivity contribution is 7.92. The molecule has 3 aromatic carbocycles. The van der Waals surface area contributed by atoms with Crippen LogP contribution in [0.4, 0.5) is 5.69 Å². The summed E-state index contributed by atoms with van der Waals surface area (Å²) in [6.07, 6.45) is 2.90. The van der Waals surface area contributed by atoms with Gasteiger partial charge in [0.2, 0.25) is 5.88 Å². The van der Waals surface area contributed by atoms with Gasteiger partial charge in [-0.3, -0.25) is 9.52 Å². The van der Waals surface area contributed by atoms with Gasteiger partial charge in [-0.1, -0.05) is 77.3 Å². The largest absolute Gasteiger partial charge is 0.436 e. The lowest BCUT2D eigenvalue weighted by Crippen LogP contribution is -2.25. The molecule has 4 aromatic rings. The number of aromatic nitrogens is 1. The molecule has 7 nitrogen and oxygen atoms in total. The van der Waals surface area contributed by atoms with Crippen molar-refractivity contribution in [1.29, 1.82) is 0 Å². The lowest BCUT2D eigenvalue weighted by Gasteiger charge is -2.15. The summed E-state index contributed by atoms with van der Waals surface area (Å²) in [7, 11) is -4.10. The number of nitrogens with zero attached hydrogens (tertiary/aromatic N) is 1. The van der Waals surface area contributed by atoms with Gasteiger partial charge >= 0.3 is 0 Å². The fourth-order valence-corrected chi connectivity index (χ4v) is 5.11. The van der Waals surface area contributed by atoms with Crippen LogP contribution in [-0.4, -0.2) is 25.9 Å². The van der Waals surface area contributed by atoms with Crippen molar-refractivity contribution in [3.8, 4) is 11.6 Å². The Bertz CT molecular complexity index is 1550. The molecule has 0 radical (unpaired) electrons. The third-order valence-corrected chi connectivity index (χ3v) is 7.68. The molecule has 0 atom stereocenters. The smallest absolute Gasteiger partial charge is 0.262 e. The van der Waals surface area contributed by atoms with Crippen molar-refractivity contribution < 1.29 is 17.9 Å². The summed E-state index contributed by atoms with van der Waals surface area (Å²) >= 11 is 18.0. The molecule has 196 valence electrons. The van der Waals surface area contributed by atoms with Gasteiger partial charge < -0.3 is 10.1 Å². The predicted octanol–water partition coefficient (Wildman–Crippen LogP) is 7.00. The second kappa shape index (κ2) is 12.5. The molecule has 1 aromatic heterocycles. The number of hydrogen-bond acceptors (Lipinski definition) is 5. The Morgan fingerprint density at radius 1 is 0.895 bits per heavy atom. The van der Waals surface area contributed by atoms with Gasteiger partial charge in [0.15, 0.2) is 0 Å². The lowest BCUT2D eigenvalue weighted by molar-refractivity contribution is 0.0951. The van der Waals surface area contributed by atoms with Crippen LogP contribution in [0.15, 0.2) is 90.0 Å². The molecule has 0 unspecified atom stereocenters. The molecule has 0 bridgehead atoms. The van der Waals surface area contributed by atoms with Gasteiger partial charge in [-0.05, 0) is 54.8 Å². The average molecular weight is 591 g/mol. The van der Waals surface area contributed by atoms with Crippen molar-refractivity contribution >= 4 is 56.4 Å². The minimum atomic E-state index is -4.10. The van der Waals surface area contributed by atoms with Crippen molar-refractivity contribution in [1.82, 2.24) is 10.3 Å². The number of nitrogens with one attached hydrogen (secondary N) is 2. The molecule has 1 amide bonds. The average Bonchev–Trinajstić information content (AvgIpc) is 2.90. The zero-order valence-corrected chi connectivity index (χ0v) is 22.9. The van der Waals surface area contributed by atoms with Gasteiger partial charge in [0.1, 0.15) is 11.4 Å². The maximum Gasteiger partial charge on any atom is 0.262 e. The fourth-order valence-electron chi connectivity index (χ4n) is 3.51. The van der Waals surface area contributed by atoms with Crippen LogP contribution in [-0.2, 0) is 16.4 Å². The first-order chi connectivity index (χ1) is 18.2. The van der Waals surface area contributed by atoms with E-state index in [2.05, 4.69) is 15.0 Å². The number of anilines is 1. The van der Waals surface area contributed by atoms with E-state index in [0.717, 1.165) is 12.8 Å². The van der Waals surface area contributed by atoms with Crippen LogP contribution in [0.3, 0.4) is 0 Å². The number of hydrogen-bond donors (Lipinski definition) is 2. The Hall–Kier alpha value is -3.30. The first kappa shape index (κ1) is 27.7. The van der Waals surface area contributed by atoms with E-state index in [1.807, 2.05) is 30.3 Å². The Balaban J connectivity index is 1.50. The number of carbonyl (C=O) groups excluding carboxylic acids is 1. The zero-order valence-electron chi connectivity index (χ0n) is 19.8. The number of para-hydroxylation sites is 1. The number of carbonyl (C=O) groups is 1. The molecular formula is C27H22Cl3N3O4S. The molecular weight excluding hydrogens is 569 g/mol. The summed E-state index contributed by atoms with van der Waals surface area (Å²) in [5.41, 5.74) is 1.43. The van der Waals surface area contributed by atoms with E-state index in [4.69, 9.17) is 39.5 Å². The summed E-state index contributed by atoms with van der Waals surface area (Å²) in [6, 6.07) is 21.9. The number of benzene rings is 3. The van der Waals surface area contributed by atoms with Crippen molar-refractivity contribution in [2.75, 3.05) is 11.3 Å². The number of aryl methyl sites for hydroxylation is 1. The summed E-state index contributed by atoms with van der Waals surface area (Å²) in [4.78, 5) is 16.9. The van der Waals surface area contributed by atoms with Gasteiger partial charge in [-0.2, -0.15) is 0 Å². The molecule has 0 spiro atoms. The molecule has 4 rings (SSSR count). The molecule has 0 fully saturated rings. The molecule has 0 aliphatic rings. The third-order valence-electron chi connectivity index (χ3n) is 5.37. The highest BCUT2D eigenvalue weighted by atomic mass is 35.5. The number of amides is 1. The summed E-state index contributed by atoms with van der Waals surface area (Å²) in [6.45, 7) is 0.468.